The normalized spacial score (nSPS) is 12.8. The molecule has 5 nitrogen and oxygen atoms in total. The lowest BCUT2D eigenvalue weighted by Gasteiger charge is -2.16. The van der Waals surface area contributed by atoms with Gasteiger partial charge in [-0.2, -0.15) is 0 Å². The Morgan fingerprint density at radius 1 is 1.32 bits per heavy atom. The molecule has 2 N–H and O–H groups in total. The maximum atomic E-state index is 10.9. The van der Waals surface area contributed by atoms with Crippen LogP contribution in [0.15, 0.2) is 18.2 Å². The van der Waals surface area contributed by atoms with Crippen molar-refractivity contribution < 1.29 is 9.66 Å². The van der Waals surface area contributed by atoms with Crippen LogP contribution < -0.4 is 10.5 Å². The number of nitro groups is 1. The maximum absolute atomic E-state index is 10.9. The van der Waals surface area contributed by atoms with Gasteiger partial charge in [-0.15, -0.1) is 0 Å². The molecule has 1 unspecified atom stereocenters. The smallest absolute Gasteiger partial charge is 0.310 e. The lowest BCUT2D eigenvalue weighted by molar-refractivity contribution is -0.386. The highest BCUT2D eigenvalue weighted by Crippen LogP contribution is 2.29. The van der Waals surface area contributed by atoms with Crippen LogP contribution in [0.5, 0.6) is 5.75 Å². The van der Waals surface area contributed by atoms with Crippen LogP contribution in [-0.4, -0.2) is 17.1 Å². The summed E-state index contributed by atoms with van der Waals surface area (Å²) in [6.07, 6.45) is 0.581. The Morgan fingerprint density at radius 3 is 2.42 bits per heavy atom. The van der Waals surface area contributed by atoms with E-state index in [9.17, 15) is 10.1 Å². The predicted molar refractivity (Wildman–Crippen MR) is 75.4 cm³/mol. The van der Waals surface area contributed by atoms with E-state index >= 15 is 0 Å². The van der Waals surface area contributed by atoms with Crippen molar-refractivity contribution in [1.82, 2.24) is 0 Å². The standard InChI is InChI=1S/C14H22N2O3/c1-9(2)12(15)7-11-5-6-13(16(17)18)14(8-11)19-10(3)4/h5-6,8-10,12H,7,15H2,1-4H3. The Bertz CT molecular complexity index is 444. The van der Waals surface area contributed by atoms with Gasteiger partial charge in [-0.05, 0) is 37.8 Å². The summed E-state index contributed by atoms with van der Waals surface area (Å²) in [4.78, 5) is 10.5. The largest absolute Gasteiger partial charge is 0.484 e. The van der Waals surface area contributed by atoms with Gasteiger partial charge in [0.05, 0.1) is 11.0 Å². The van der Waals surface area contributed by atoms with E-state index in [-0.39, 0.29) is 17.8 Å². The molecule has 1 aromatic carbocycles. The van der Waals surface area contributed by atoms with Crippen molar-refractivity contribution in [3.05, 3.63) is 33.9 Å². The van der Waals surface area contributed by atoms with Gasteiger partial charge >= 0.3 is 5.69 Å². The zero-order valence-electron chi connectivity index (χ0n) is 11.9. The maximum Gasteiger partial charge on any atom is 0.310 e. The van der Waals surface area contributed by atoms with Crippen LogP contribution in [0.4, 0.5) is 5.69 Å². The lowest BCUT2D eigenvalue weighted by Crippen LogP contribution is -2.28. The molecule has 0 spiro atoms. The Hall–Kier alpha value is -1.62. The highest BCUT2D eigenvalue weighted by atomic mass is 16.6. The van der Waals surface area contributed by atoms with Crippen molar-refractivity contribution in [1.29, 1.82) is 0 Å². The SMILES string of the molecule is CC(C)Oc1cc(CC(N)C(C)C)ccc1[N+](=O)[O-]. The summed E-state index contributed by atoms with van der Waals surface area (Å²) in [6.45, 7) is 7.80. The minimum atomic E-state index is -0.427. The second kappa shape index (κ2) is 6.52. The highest BCUT2D eigenvalue weighted by molar-refractivity contribution is 5.48. The monoisotopic (exact) mass is 266 g/mol. The molecule has 0 amide bonds. The third-order valence-electron chi connectivity index (χ3n) is 2.91. The van der Waals surface area contributed by atoms with Gasteiger partial charge < -0.3 is 10.5 Å². The molecule has 0 saturated heterocycles. The summed E-state index contributed by atoms with van der Waals surface area (Å²) in [7, 11) is 0. The van der Waals surface area contributed by atoms with Crippen LogP contribution in [0, 0.1) is 16.0 Å². The van der Waals surface area contributed by atoms with E-state index in [0.717, 1.165) is 5.56 Å². The molecule has 106 valence electrons. The number of hydrogen-bond acceptors (Lipinski definition) is 4. The van der Waals surface area contributed by atoms with E-state index in [0.29, 0.717) is 18.1 Å². The van der Waals surface area contributed by atoms with Crippen molar-refractivity contribution in [2.75, 3.05) is 0 Å². The fourth-order valence-corrected chi connectivity index (χ4v) is 1.69. The summed E-state index contributed by atoms with van der Waals surface area (Å²) in [5.41, 5.74) is 6.98. The molecule has 0 aromatic heterocycles. The molecule has 19 heavy (non-hydrogen) atoms. The number of benzene rings is 1. The van der Waals surface area contributed by atoms with E-state index in [1.54, 1.807) is 12.1 Å². The molecule has 0 aliphatic rings. The molecule has 1 aromatic rings. The van der Waals surface area contributed by atoms with Crippen molar-refractivity contribution in [3.63, 3.8) is 0 Å². The molecule has 0 saturated carbocycles. The minimum absolute atomic E-state index is 0.00410. The fraction of sp³-hybridized carbons (Fsp3) is 0.571. The molecule has 5 heteroatoms. The minimum Gasteiger partial charge on any atom is -0.484 e. The molecule has 0 radical (unpaired) electrons. The van der Waals surface area contributed by atoms with Crippen LogP contribution in [-0.2, 0) is 6.42 Å². The van der Waals surface area contributed by atoms with Gasteiger partial charge in [0.1, 0.15) is 0 Å². The first kappa shape index (κ1) is 15.4. The molecule has 0 aliphatic heterocycles. The summed E-state index contributed by atoms with van der Waals surface area (Å²) in [6, 6.07) is 4.99. The van der Waals surface area contributed by atoms with E-state index in [1.165, 1.54) is 6.07 Å². The number of rotatable bonds is 6. The first-order valence-electron chi connectivity index (χ1n) is 6.50. The van der Waals surface area contributed by atoms with Gasteiger partial charge in [-0.25, -0.2) is 0 Å². The van der Waals surface area contributed by atoms with Crippen LogP contribution in [0.2, 0.25) is 0 Å². The van der Waals surface area contributed by atoms with E-state index < -0.39 is 4.92 Å². The van der Waals surface area contributed by atoms with Gasteiger partial charge in [0.2, 0.25) is 0 Å². The molecular formula is C14H22N2O3. The van der Waals surface area contributed by atoms with Crippen molar-refractivity contribution in [3.8, 4) is 5.75 Å². The number of ether oxygens (including phenoxy) is 1. The Kier molecular flexibility index (Phi) is 5.30. The van der Waals surface area contributed by atoms with Gasteiger partial charge in [0.25, 0.3) is 0 Å². The van der Waals surface area contributed by atoms with Crippen LogP contribution in [0.25, 0.3) is 0 Å². The summed E-state index contributed by atoms with van der Waals surface area (Å²) in [5, 5.41) is 10.9. The topological polar surface area (TPSA) is 78.4 Å². The number of nitrogens with two attached hydrogens (primary N) is 1. The van der Waals surface area contributed by atoms with Crippen molar-refractivity contribution >= 4 is 5.69 Å². The molecule has 0 fully saturated rings. The first-order valence-corrected chi connectivity index (χ1v) is 6.50. The number of hydrogen-bond donors (Lipinski definition) is 1. The Morgan fingerprint density at radius 2 is 1.95 bits per heavy atom. The number of nitrogens with zero attached hydrogens (tertiary/aromatic N) is 1. The average molecular weight is 266 g/mol. The quantitative estimate of drug-likeness (QED) is 0.634. The van der Waals surface area contributed by atoms with E-state index in [4.69, 9.17) is 10.5 Å². The molecular weight excluding hydrogens is 244 g/mol. The van der Waals surface area contributed by atoms with Crippen molar-refractivity contribution in [2.45, 2.75) is 46.3 Å². The van der Waals surface area contributed by atoms with Crippen LogP contribution >= 0.6 is 0 Å². The summed E-state index contributed by atoms with van der Waals surface area (Å²) in [5.74, 6) is 0.679. The zero-order valence-corrected chi connectivity index (χ0v) is 11.9. The number of nitro benzene ring substituents is 1. The van der Waals surface area contributed by atoms with Gasteiger partial charge in [-0.1, -0.05) is 19.9 Å². The fourth-order valence-electron chi connectivity index (χ4n) is 1.69. The third kappa shape index (κ3) is 4.52. The van der Waals surface area contributed by atoms with Gasteiger partial charge in [0.15, 0.2) is 5.75 Å². The molecule has 1 atom stereocenters. The Balaban J connectivity index is 3.00. The third-order valence-corrected chi connectivity index (χ3v) is 2.91. The van der Waals surface area contributed by atoms with E-state index in [1.807, 2.05) is 13.8 Å². The molecule has 0 heterocycles. The highest BCUT2D eigenvalue weighted by Gasteiger charge is 2.18. The molecule has 0 bridgehead atoms. The lowest BCUT2D eigenvalue weighted by atomic mass is 9.97. The summed E-state index contributed by atoms with van der Waals surface area (Å²) < 4.78 is 5.51. The zero-order chi connectivity index (χ0) is 14.6. The second-order valence-electron chi connectivity index (χ2n) is 5.34. The molecule has 1 rings (SSSR count). The predicted octanol–water partition coefficient (Wildman–Crippen LogP) is 2.91. The van der Waals surface area contributed by atoms with Crippen LogP contribution in [0.1, 0.15) is 33.3 Å². The van der Waals surface area contributed by atoms with Crippen molar-refractivity contribution in [2.24, 2.45) is 11.7 Å². The first-order chi connectivity index (χ1) is 8.81. The average Bonchev–Trinajstić information content (AvgIpc) is 2.27. The summed E-state index contributed by atoms with van der Waals surface area (Å²) >= 11 is 0. The Labute approximate surface area is 113 Å². The molecule has 0 aliphatic carbocycles. The van der Waals surface area contributed by atoms with Gasteiger partial charge in [0, 0.05) is 12.1 Å². The van der Waals surface area contributed by atoms with Crippen LogP contribution in [0.3, 0.4) is 0 Å². The van der Waals surface area contributed by atoms with E-state index in [2.05, 4.69) is 13.8 Å². The second-order valence-corrected chi connectivity index (χ2v) is 5.34. The van der Waals surface area contributed by atoms with Gasteiger partial charge in [-0.3, -0.25) is 10.1 Å².